The van der Waals surface area contributed by atoms with Gasteiger partial charge in [0.25, 0.3) is 0 Å². The van der Waals surface area contributed by atoms with Gasteiger partial charge in [0.1, 0.15) is 13.5 Å². The first-order valence-corrected chi connectivity index (χ1v) is 19.1. The van der Waals surface area contributed by atoms with Gasteiger partial charge in [0.15, 0.2) is 11.6 Å². The van der Waals surface area contributed by atoms with Gasteiger partial charge in [-0.15, -0.1) is 11.3 Å². The van der Waals surface area contributed by atoms with Gasteiger partial charge in [0.2, 0.25) is 0 Å². The lowest BCUT2D eigenvalue weighted by Crippen LogP contribution is -2.22. The van der Waals surface area contributed by atoms with Crippen LogP contribution in [0, 0.1) is 0 Å². The maximum Gasteiger partial charge on any atom is 0.151 e. The first-order chi connectivity index (χ1) is 14.6. The number of thiophene rings is 1. The normalized spacial score (nSPS) is 12.6. The Morgan fingerprint density at radius 1 is 0.742 bits per heavy atom. The SMILES string of the molecule is C[Si](C)(C)CCOCn1ccnc1-c1ccc(-c2nccn2COCC[Si](C)(C)C)s1. The van der Waals surface area contributed by atoms with E-state index in [2.05, 4.69) is 70.5 Å². The lowest BCUT2D eigenvalue weighted by molar-refractivity contribution is 0.0882. The molecule has 6 nitrogen and oxygen atoms in total. The Kier molecular flexibility index (Phi) is 8.09. The topological polar surface area (TPSA) is 54.1 Å². The molecule has 0 amide bonds. The van der Waals surface area contributed by atoms with Crippen LogP contribution in [-0.2, 0) is 22.9 Å². The molecule has 0 saturated carbocycles. The molecule has 0 radical (unpaired) electrons. The fourth-order valence-corrected chi connectivity index (χ4v) is 5.48. The Balaban J connectivity index is 1.62. The Labute approximate surface area is 192 Å². The minimum absolute atomic E-state index is 0.534. The molecule has 0 fully saturated rings. The first-order valence-electron chi connectivity index (χ1n) is 10.9. The third-order valence-corrected chi connectivity index (χ3v) is 9.42. The van der Waals surface area contributed by atoms with Crippen molar-refractivity contribution in [2.45, 2.75) is 64.8 Å². The standard InChI is InChI=1S/C22H36N4O2SSi2/c1-30(2,3)15-13-27-17-25-11-9-23-21(25)19-7-8-20(29-19)22-24-10-12-26(22)18-28-14-16-31(4,5)6/h7-12H,13-18H2,1-6H3. The Bertz CT molecular complexity index is 879. The van der Waals surface area contributed by atoms with Crippen molar-refractivity contribution in [3.05, 3.63) is 36.9 Å². The van der Waals surface area contributed by atoms with E-state index in [1.54, 1.807) is 11.3 Å². The van der Waals surface area contributed by atoms with Crippen LogP contribution < -0.4 is 0 Å². The lowest BCUT2D eigenvalue weighted by atomic mass is 10.4. The number of hydrogen-bond acceptors (Lipinski definition) is 5. The summed E-state index contributed by atoms with van der Waals surface area (Å²) in [6.07, 6.45) is 7.64. The zero-order chi connectivity index (χ0) is 22.5. The van der Waals surface area contributed by atoms with E-state index in [0.717, 1.165) is 34.6 Å². The molecule has 0 N–H and O–H groups in total. The predicted octanol–water partition coefficient (Wildman–Crippen LogP) is 6.10. The summed E-state index contributed by atoms with van der Waals surface area (Å²) >= 11 is 1.70. The fourth-order valence-electron chi connectivity index (χ4n) is 2.94. The van der Waals surface area contributed by atoms with Gasteiger partial charge in [-0.1, -0.05) is 39.3 Å². The smallest absolute Gasteiger partial charge is 0.151 e. The summed E-state index contributed by atoms with van der Waals surface area (Å²) < 4.78 is 16.0. The van der Waals surface area contributed by atoms with Crippen molar-refractivity contribution < 1.29 is 9.47 Å². The van der Waals surface area contributed by atoms with Crippen LogP contribution in [0.1, 0.15) is 0 Å². The minimum Gasteiger partial charge on any atom is -0.361 e. The van der Waals surface area contributed by atoms with Crippen LogP contribution in [-0.4, -0.2) is 48.5 Å². The number of hydrogen-bond donors (Lipinski definition) is 0. The van der Waals surface area contributed by atoms with Gasteiger partial charge in [-0.05, 0) is 24.2 Å². The maximum atomic E-state index is 5.93. The van der Waals surface area contributed by atoms with Crippen molar-refractivity contribution in [3.8, 4) is 21.4 Å². The quantitative estimate of drug-likeness (QED) is 0.234. The molecule has 0 aliphatic carbocycles. The third-order valence-electron chi connectivity index (χ3n) is 4.93. The molecule has 3 rings (SSSR count). The predicted molar refractivity (Wildman–Crippen MR) is 135 cm³/mol. The Morgan fingerprint density at radius 2 is 1.16 bits per heavy atom. The molecule has 0 spiro atoms. The lowest BCUT2D eigenvalue weighted by Gasteiger charge is -2.16. The summed E-state index contributed by atoms with van der Waals surface area (Å²) in [7, 11) is -2.15. The van der Waals surface area contributed by atoms with Gasteiger partial charge in [-0.25, -0.2) is 9.97 Å². The summed E-state index contributed by atoms with van der Waals surface area (Å²) in [6.45, 7) is 16.9. The zero-order valence-electron chi connectivity index (χ0n) is 19.7. The van der Waals surface area contributed by atoms with Crippen LogP contribution in [0.5, 0.6) is 0 Å². The third kappa shape index (κ3) is 7.53. The number of nitrogens with zero attached hydrogens (tertiary/aromatic N) is 4. The van der Waals surface area contributed by atoms with Crippen molar-refractivity contribution in [2.24, 2.45) is 0 Å². The molecule has 3 heterocycles. The van der Waals surface area contributed by atoms with Gasteiger partial charge in [-0.3, -0.25) is 0 Å². The highest BCUT2D eigenvalue weighted by Crippen LogP contribution is 2.33. The van der Waals surface area contributed by atoms with Gasteiger partial charge in [0, 0.05) is 54.1 Å². The van der Waals surface area contributed by atoms with Crippen LogP contribution in [0.25, 0.3) is 21.4 Å². The van der Waals surface area contributed by atoms with Crippen LogP contribution in [0.2, 0.25) is 51.4 Å². The highest BCUT2D eigenvalue weighted by Gasteiger charge is 2.16. The van der Waals surface area contributed by atoms with Crippen molar-refractivity contribution >= 4 is 27.5 Å². The average molecular weight is 477 g/mol. The van der Waals surface area contributed by atoms with Crippen molar-refractivity contribution in [1.82, 2.24) is 19.1 Å². The molecular formula is C22H36N4O2SSi2. The second-order valence-electron chi connectivity index (χ2n) is 10.3. The van der Waals surface area contributed by atoms with E-state index in [1.807, 2.05) is 24.8 Å². The number of aromatic nitrogens is 4. The van der Waals surface area contributed by atoms with Gasteiger partial charge < -0.3 is 18.6 Å². The molecule has 0 bridgehead atoms. The molecule has 0 aromatic carbocycles. The molecule has 3 aromatic heterocycles. The summed E-state index contributed by atoms with van der Waals surface area (Å²) in [5.41, 5.74) is 0. The van der Waals surface area contributed by atoms with Crippen molar-refractivity contribution in [3.63, 3.8) is 0 Å². The summed E-state index contributed by atoms with van der Waals surface area (Å²) in [4.78, 5) is 11.4. The van der Waals surface area contributed by atoms with E-state index >= 15 is 0 Å². The average Bonchev–Trinajstić information content (AvgIpc) is 3.40. The maximum absolute atomic E-state index is 5.93. The van der Waals surface area contributed by atoms with Crippen LogP contribution in [0.15, 0.2) is 36.9 Å². The molecule has 170 valence electrons. The molecule has 31 heavy (non-hydrogen) atoms. The van der Waals surface area contributed by atoms with E-state index in [9.17, 15) is 0 Å². The summed E-state index contributed by atoms with van der Waals surface area (Å²) in [5.74, 6) is 1.88. The monoisotopic (exact) mass is 476 g/mol. The van der Waals surface area contributed by atoms with E-state index in [-0.39, 0.29) is 0 Å². The summed E-state index contributed by atoms with van der Waals surface area (Å²) in [6, 6.07) is 6.57. The van der Waals surface area contributed by atoms with Crippen LogP contribution in [0.4, 0.5) is 0 Å². The van der Waals surface area contributed by atoms with Crippen LogP contribution in [0.3, 0.4) is 0 Å². The number of imidazole rings is 2. The van der Waals surface area contributed by atoms with E-state index < -0.39 is 16.1 Å². The molecular weight excluding hydrogens is 441 g/mol. The van der Waals surface area contributed by atoms with E-state index in [0.29, 0.717) is 13.5 Å². The summed E-state index contributed by atoms with van der Waals surface area (Å²) in [5, 5.41) is 0. The Morgan fingerprint density at radius 3 is 1.55 bits per heavy atom. The molecule has 0 saturated heterocycles. The second-order valence-corrected chi connectivity index (χ2v) is 22.6. The fraction of sp³-hybridized carbons (Fsp3) is 0.545. The highest BCUT2D eigenvalue weighted by atomic mass is 32.1. The van der Waals surface area contributed by atoms with Gasteiger partial charge in [0.05, 0.1) is 9.75 Å². The molecule has 9 heteroatoms. The second kappa shape index (κ2) is 10.4. The molecule has 0 unspecified atom stereocenters. The first kappa shape index (κ1) is 24.1. The molecule has 0 atom stereocenters. The molecule has 0 aliphatic heterocycles. The Hall–Kier alpha value is -1.53. The molecule has 3 aromatic rings. The van der Waals surface area contributed by atoms with Crippen molar-refractivity contribution in [1.29, 1.82) is 0 Å². The number of rotatable bonds is 12. The highest BCUT2D eigenvalue weighted by molar-refractivity contribution is 7.18. The van der Waals surface area contributed by atoms with E-state index in [1.165, 1.54) is 12.1 Å². The largest absolute Gasteiger partial charge is 0.361 e. The van der Waals surface area contributed by atoms with Crippen molar-refractivity contribution in [2.75, 3.05) is 13.2 Å². The number of ether oxygens (including phenoxy) is 2. The van der Waals surface area contributed by atoms with Crippen LogP contribution >= 0.6 is 11.3 Å². The van der Waals surface area contributed by atoms with Gasteiger partial charge in [-0.2, -0.15) is 0 Å². The molecule has 0 aliphatic rings. The minimum atomic E-state index is -1.08. The zero-order valence-corrected chi connectivity index (χ0v) is 22.5. The van der Waals surface area contributed by atoms with Gasteiger partial charge >= 0.3 is 0 Å². The van der Waals surface area contributed by atoms with E-state index in [4.69, 9.17) is 9.47 Å².